The number of nitrogens with two attached hydrogens (primary N) is 1. The van der Waals surface area contributed by atoms with E-state index < -0.39 is 27.7 Å². The minimum Gasteiger partial charge on any atom is -0.326 e. The number of benzene rings is 1. The Hall–Kier alpha value is -1.88. The summed E-state index contributed by atoms with van der Waals surface area (Å²) in [6.45, 7) is 1.82. The molecule has 0 radical (unpaired) electrons. The van der Waals surface area contributed by atoms with Crippen LogP contribution in [0, 0.1) is 11.6 Å². The monoisotopic (exact) mass is 437 g/mol. The van der Waals surface area contributed by atoms with Gasteiger partial charge in [-0.1, -0.05) is 0 Å². The van der Waals surface area contributed by atoms with E-state index in [2.05, 4.69) is 10.00 Å². The van der Waals surface area contributed by atoms with Crippen molar-refractivity contribution < 1.29 is 17.2 Å². The van der Waals surface area contributed by atoms with Crippen LogP contribution in [0.4, 0.5) is 8.78 Å². The average molecular weight is 438 g/mol. The molecule has 2 N–H and O–H groups in total. The first-order valence-electron chi connectivity index (χ1n) is 10.2. The van der Waals surface area contributed by atoms with Gasteiger partial charge < -0.3 is 5.73 Å². The number of likely N-dealkylation sites (tertiary alicyclic amines) is 1. The minimum absolute atomic E-state index is 0.126. The van der Waals surface area contributed by atoms with Gasteiger partial charge in [0.25, 0.3) is 10.0 Å². The highest BCUT2D eigenvalue weighted by molar-refractivity contribution is 7.90. The zero-order valence-corrected chi connectivity index (χ0v) is 17.5. The number of nitrogens with zero attached hydrogens (tertiary/aromatic N) is 4. The second-order valence-corrected chi connectivity index (χ2v) is 10.8. The third-order valence-corrected chi connectivity index (χ3v) is 8.53. The number of aromatic nitrogens is 2. The van der Waals surface area contributed by atoms with Crippen LogP contribution >= 0.6 is 0 Å². The fourth-order valence-corrected chi connectivity index (χ4v) is 6.35. The van der Waals surface area contributed by atoms with Crippen LogP contribution in [-0.4, -0.2) is 58.3 Å². The zero-order valence-electron chi connectivity index (χ0n) is 16.7. The molecule has 1 aromatic carbocycles. The first-order chi connectivity index (χ1) is 14.2. The molecule has 30 heavy (non-hydrogen) atoms. The van der Waals surface area contributed by atoms with E-state index in [9.17, 15) is 17.2 Å². The Kier molecular flexibility index (Phi) is 4.73. The lowest BCUT2D eigenvalue weighted by atomic mass is 9.88. The van der Waals surface area contributed by atoms with E-state index in [0.29, 0.717) is 38.9 Å². The molecular formula is C20H25F2N5O2S. The lowest BCUT2D eigenvalue weighted by Crippen LogP contribution is -2.54. The molecule has 0 amide bonds. The molecule has 3 aliphatic rings. The van der Waals surface area contributed by atoms with E-state index in [-0.39, 0.29) is 22.9 Å². The van der Waals surface area contributed by atoms with Crippen molar-refractivity contribution in [2.75, 3.05) is 13.6 Å². The number of piperidine rings is 1. The Morgan fingerprint density at radius 2 is 1.97 bits per heavy atom. The predicted octanol–water partition coefficient (Wildman–Crippen LogP) is 1.59. The van der Waals surface area contributed by atoms with Crippen LogP contribution in [0.3, 0.4) is 0 Å². The molecule has 162 valence electrons. The molecule has 0 bridgehead atoms. The normalized spacial score (nSPS) is 28.1. The molecule has 5 rings (SSSR count). The molecule has 1 saturated carbocycles. The van der Waals surface area contributed by atoms with Crippen molar-refractivity contribution in [3.05, 3.63) is 52.9 Å². The SMILES string of the molecule is CN1C[C@H](N2Cc3cn(S(=O)(=O)C4CC4)nc3C2)C[C@H](N)C1c1cc(F)ccc1F. The molecule has 2 fully saturated rings. The molecular weight excluding hydrogens is 412 g/mol. The van der Waals surface area contributed by atoms with Crippen LogP contribution in [0.1, 0.15) is 42.1 Å². The van der Waals surface area contributed by atoms with Crippen LogP contribution in [0.2, 0.25) is 0 Å². The Morgan fingerprint density at radius 1 is 1.20 bits per heavy atom. The average Bonchev–Trinajstić information content (AvgIpc) is 3.35. The maximum atomic E-state index is 14.3. The maximum Gasteiger partial charge on any atom is 0.256 e. The standard InChI is InChI=1S/C20H25F2N5O2S/c1-25-10-14(7-18(23)20(25)16-6-13(21)2-5-17(16)22)26-8-12-9-27(24-19(12)11-26)30(28,29)15-3-4-15/h2,5-6,9,14-15,18,20H,3-4,7-8,10-11,23H2,1H3/t14-,18+,20?/m1/s1. The highest BCUT2D eigenvalue weighted by Crippen LogP contribution is 2.36. The fraction of sp³-hybridized carbons (Fsp3) is 0.550. The van der Waals surface area contributed by atoms with Gasteiger partial charge in [-0.3, -0.25) is 9.80 Å². The Morgan fingerprint density at radius 3 is 2.63 bits per heavy atom. The Bertz CT molecular complexity index is 1050. The van der Waals surface area contributed by atoms with Crippen LogP contribution in [0.15, 0.2) is 24.4 Å². The van der Waals surface area contributed by atoms with Gasteiger partial charge in [0.05, 0.1) is 17.0 Å². The molecule has 2 aromatic rings. The number of halogens is 2. The number of rotatable bonds is 4. The van der Waals surface area contributed by atoms with Gasteiger partial charge >= 0.3 is 0 Å². The number of likely N-dealkylation sites (N-methyl/N-ethyl adjacent to an activating group) is 1. The summed E-state index contributed by atoms with van der Waals surface area (Å²) in [5, 5.41) is 4.05. The molecule has 10 heteroatoms. The number of hydrogen-bond acceptors (Lipinski definition) is 6. The van der Waals surface area contributed by atoms with Gasteiger partial charge in [-0.15, -0.1) is 0 Å². The molecule has 1 aromatic heterocycles. The molecule has 7 nitrogen and oxygen atoms in total. The predicted molar refractivity (Wildman–Crippen MR) is 107 cm³/mol. The molecule has 3 atom stereocenters. The lowest BCUT2D eigenvalue weighted by molar-refractivity contribution is 0.0585. The van der Waals surface area contributed by atoms with Gasteiger partial charge in [0.2, 0.25) is 0 Å². The summed E-state index contributed by atoms with van der Waals surface area (Å²) >= 11 is 0. The van der Waals surface area contributed by atoms with Crippen molar-refractivity contribution in [2.45, 2.75) is 55.7 Å². The maximum absolute atomic E-state index is 14.3. The molecule has 3 heterocycles. The van der Waals surface area contributed by atoms with Crippen molar-refractivity contribution in [3.63, 3.8) is 0 Å². The summed E-state index contributed by atoms with van der Waals surface area (Å²) in [7, 11) is -1.48. The van der Waals surface area contributed by atoms with Crippen molar-refractivity contribution in [2.24, 2.45) is 5.73 Å². The molecule has 1 saturated heterocycles. The first kappa shape index (κ1) is 20.0. The van der Waals surface area contributed by atoms with Crippen LogP contribution < -0.4 is 5.73 Å². The highest BCUT2D eigenvalue weighted by atomic mass is 32.2. The first-order valence-corrected chi connectivity index (χ1v) is 11.7. The van der Waals surface area contributed by atoms with Gasteiger partial charge in [0.1, 0.15) is 11.6 Å². The summed E-state index contributed by atoms with van der Waals surface area (Å²) in [4.78, 5) is 4.21. The molecule has 0 spiro atoms. The summed E-state index contributed by atoms with van der Waals surface area (Å²) in [6.07, 6.45) is 3.69. The van der Waals surface area contributed by atoms with Crippen LogP contribution in [0.25, 0.3) is 0 Å². The van der Waals surface area contributed by atoms with E-state index in [1.165, 1.54) is 6.07 Å². The topological polar surface area (TPSA) is 84.5 Å². The third-order valence-electron chi connectivity index (χ3n) is 6.51. The molecule has 2 aliphatic heterocycles. The Labute approximate surface area is 174 Å². The Balaban J connectivity index is 1.30. The number of fused-ring (bicyclic) bond motifs is 1. The summed E-state index contributed by atoms with van der Waals surface area (Å²) in [6, 6.07) is 2.86. The number of hydrogen-bond donors (Lipinski definition) is 1. The fourth-order valence-electron chi connectivity index (χ4n) is 4.82. The summed E-state index contributed by atoms with van der Waals surface area (Å²) < 4.78 is 53.9. The minimum atomic E-state index is -3.36. The van der Waals surface area contributed by atoms with Crippen molar-refractivity contribution in [1.82, 2.24) is 19.0 Å². The van der Waals surface area contributed by atoms with Crippen molar-refractivity contribution in [1.29, 1.82) is 0 Å². The van der Waals surface area contributed by atoms with E-state index in [1.54, 1.807) is 6.20 Å². The van der Waals surface area contributed by atoms with Gasteiger partial charge in [0.15, 0.2) is 0 Å². The van der Waals surface area contributed by atoms with Crippen LogP contribution in [0.5, 0.6) is 0 Å². The van der Waals surface area contributed by atoms with Crippen LogP contribution in [-0.2, 0) is 23.1 Å². The second-order valence-electron chi connectivity index (χ2n) is 8.73. The van der Waals surface area contributed by atoms with Crippen molar-refractivity contribution in [3.8, 4) is 0 Å². The molecule has 1 aliphatic carbocycles. The largest absolute Gasteiger partial charge is 0.326 e. The quantitative estimate of drug-likeness (QED) is 0.782. The van der Waals surface area contributed by atoms with Gasteiger partial charge in [-0.05, 0) is 44.5 Å². The highest BCUT2D eigenvalue weighted by Gasteiger charge is 2.41. The van der Waals surface area contributed by atoms with Crippen molar-refractivity contribution >= 4 is 10.0 Å². The summed E-state index contributed by atoms with van der Waals surface area (Å²) in [5.74, 6) is -0.925. The molecule has 1 unspecified atom stereocenters. The smallest absolute Gasteiger partial charge is 0.256 e. The van der Waals surface area contributed by atoms with E-state index in [4.69, 9.17) is 5.73 Å². The lowest BCUT2D eigenvalue weighted by Gasteiger charge is -2.44. The van der Waals surface area contributed by atoms with E-state index in [1.807, 2.05) is 11.9 Å². The second kappa shape index (κ2) is 7.08. The summed E-state index contributed by atoms with van der Waals surface area (Å²) in [5.41, 5.74) is 8.42. The zero-order chi connectivity index (χ0) is 21.2. The van der Waals surface area contributed by atoms with Gasteiger partial charge in [-0.25, -0.2) is 17.2 Å². The van der Waals surface area contributed by atoms with E-state index >= 15 is 0 Å². The van der Waals surface area contributed by atoms with E-state index in [0.717, 1.165) is 27.5 Å². The van der Waals surface area contributed by atoms with Gasteiger partial charge in [-0.2, -0.15) is 9.19 Å². The van der Waals surface area contributed by atoms with Gasteiger partial charge in [0, 0.05) is 49.0 Å². The third kappa shape index (κ3) is 3.35.